The molecule has 0 N–H and O–H groups in total. The molecule has 0 saturated heterocycles. The number of hydrogen-bond donors (Lipinski definition) is 0. The normalized spacial score (nSPS) is 11.2. The van der Waals surface area contributed by atoms with Gasteiger partial charge in [-0.1, -0.05) is 31.5 Å². The summed E-state index contributed by atoms with van der Waals surface area (Å²) in [6.07, 6.45) is 6.66. The number of thioether (sulfide) groups is 1. The van der Waals surface area contributed by atoms with Gasteiger partial charge in [-0.2, -0.15) is 0 Å². The highest BCUT2D eigenvalue weighted by atomic mass is 35.5. The first-order chi connectivity index (χ1) is 8.88. The SMILES string of the molecule is CCCC/N=C/c1ccccc1SCCCCCl. The lowest BCUT2D eigenvalue weighted by Crippen LogP contribution is -1.89. The van der Waals surface area contributed by atoms with E-state index in [1.165, 1.54) is 29.7 Å². The van der Waals surface area contributed by atoms with Crippen LogP contribution in [-0.2, 0) is 0 Å². The molecule has 1 aromatic carbocycles. The third-order valence-corrected chi connectivity index (χ3v) is 4.02. The minimum Gasteiger partial charge on any atom is -0.293 e. The first-order valence-electron chi connectivity index (χ1n) is 6.66. The number of nitrogens with zero attached hydrogens (tertiary/aromatic N) is 1. The van der Waals surface area contributed by atoms with Crippen LogP contribution in [-0.4, -0.2) is 24.4 Å². The summed E-state index contributed by atoms with van der Waals surface area (Å²) in [7, 11) is 0. The Morgan fingerprint density at radius 2 is 2.06 bits per heavy atom. The maximum absolute atomic E-state index is 5.68. The summed E-state index contributed by atoms with van der Waals surface area (Å²) >= 11 is 7.58. The van der Waals surface area contributed by atoms with Gasteiger partial charge in [0.25, 0.3) is 0 Å². The first-order valence-corrected chi connectivity index (χ1v) is 8.18. The highest BCUT2D eigenvalue weighted by Gasteiger charge is 1.99. The smallest absolute Gasteiger partial charge is 0.0389 e. The molecule has 18 heavy (non-hydrogen) atoms. The second-order valence-electron chi connectivity index (χ2n) is 4.17. The summed E-state index contributed by atoms with van der Waals surface area (Å²) < 4.78 is 0. The van der Waals surface area contributed by atoms with Crippen LogP contribution in [0.3, 0.4) is 0 Å². The zero-order chi connectivity index (χ0) is 13.1. The van der Waals surface area contributed by atoms with Crippen molar-refractivity contribution in [1.82, 2.24) is 0 Å². The fourth-order valence-electron chi connectivity index (χ4n) is 1.51. The molecule has 0 radical (unpaired) electrons. The van der Waals surface area contributed by atoms with Crippen molar-refractivity contribution >= 4 is 29.6 Å². The number of benzene rings is 1. The average molecular weight is 284 g/mol. The van der Waals surface area contributed by atoms with Crippen LogP contribution in [0.2, 0.25) is 0 Å². The predicted octanol–water partition coefficient (Wildman–Crippen LogP) is 5.02. The van der Waals surface area contributed by atoms with Crippen molar-refractivity contribution in [1.29, 1.82) is 0 Å². The Hall–Kier alpha value is -0.470. The van der Waals surface area contributed by atoms with E-state index in [-0.39, 0.29) is 0 Å². The van der Waals surface area contributed by atoms with Gasteiger partial charge in [-0.15, -0.1) is 23.4 Å². The summed E-state index contributed by atoms with van der Waals surface area (Å²) in [6.45, 7) is 3.12. The quantitative estimate of drug-likeness (QED) is 0.268. The van der Waals surface area contributed by atoms with Gasteiger partial charge < -0.3 is 0 Å². The molecule has 0 aliphatic rings. The topological polar surface area (TPSA) is 12.4 Å². The molecule has 0 amide bonds. The number of halogens is 1. The van der Waals surface area contributed by atoms with E-state index in [1.807, 2.05) is 18.0 Å². The predicted molar refractivity (Wildman–Crippen MR) is 84.5 cm³/mol. The van der Waals surface area contributed by atoms with E-state index in [9.17, 15) is 0 Å². The molecule has 0 aliphatic carbocycles. The summed E-state index contributed by atoms with van der Waals surface area (Å²) in [6, 6.07) is 8.48. The molecule has 1 aromatic rings. The van der Waals surface area contributed by atoms with Crippen LogP contribution in [0.4, 0.5) is 0 Å². The lowest BCUT2D eigenvalue weighted by Gasteiger charge is -2.04. The molecule has 0 saturated carbocycles. The van der Waals surface area contributed by atoms with Crippen molar-refractivity contribution in [2.24, 2.45) is 4.99 Å². The average Bonchev–Trinajstić information content (AvgIpc) is 2.41. The Balaban J connectivity index is 2.48. The fourth-order valence-corrected chi connectivity index (χ4v) is 2.73. The van der Waals surface area contributed by atoms with Gasteiger partial charge in [-0.3, -0.25) is 4.99 Å². The van der Waals surface area contributed by atoms with E-state index >= 15 is 0 Å². The lowest BCUT2D eigenvalue weighted by atomic mass is 10.2. The minimum absolute atomic E-state index is 0.765. The van der Waals surface area contributed by atoms with Crippen molar-refractivity contribution in [2.75, 3.05) is 18.2 Å². The molecule has 0 aromatic heterocycles. The highest BCUT2D eigenvalue weighted by molar-refractivity contribution is 7.99. The van der Waals surface area contributed by atoms with Gasteiger partial charge in [0, 0.05) is 29.1 Å². The molecule has 0 fully saturated rings. The molecule has 0 bridgehead atoms. The van der Waals surface area contributed by atoms with Gasteiger partial charge >= 0.3 is 0 Å². The number of rotatable bonds is 9. The van der Waals surface area contributed by atoms with Crippen molar-refractivity contribution < 1.29 is 0 Å². The molecule has 1 nitrogen and oxygen atoms in total. The summed E-state index contributed by atoms with van der Waals surface area (Å²) in [5.74, 6) is 1.90. The maximum Gasteiger partial charge on any atom is 0.0389 e. The molecule has 3 heteroatoms. The van der Waals surface area contributed by atoms with Gasteiger partial charge in [0.15, 0.2) is 0 Å². The standard InChI is InChI=1S/C15H22ClNS/c1-2-3-11-17-13-14-8-4-5-9-15(14)18-12-7-6-10-16/h4-5,8-9,13H,2-3,6-7,10-12H2,1H3/b17-13+. The van der Waals surface area contributed by atoms with Gasteiger partial charge in [0.2, 0.25) is 0 Å². The second-order valence-corrected chi connectivity index (χ2v) is 5.69. The van der Waals surface area contributed by atoms with E-state index < -0.39 is 0 Å². The molecule has 0 heterocycles. The van der Waals surface area contributed by atoms with Crippen LogP contribution < -0.4 is 0 Å². The summed E-state index contributed by atoms with van der Waals surface area (Å²) in [4.78, 5) is 5.80. The number of aliphatic imine (C=N–C) groups is 1. The number of unbranched alkanes of at least 4 members (excludes halogenated alkanes) is 2. The third kappa shape index (κ3) is 6.46. The molecule has 0 unspecified atom stereocenters. The molecule has 100 valence electrons. The Morgan fingerprint density at radius 3 is 2.83 bits per heavy atom. The van der Waals surface area contributed by atoms with Gasteiger partial charge in [0.1, 0.15) is 0 Å². The van der Waals surface area contributed by atoms with Gasteiger partial charge in [0.05, 0.1) is 0 Å². The lowest BCUT2D eigenvalue weighted by molar-refractivity contribution is 0.810. The highest BCUT2D eigenvalue weighted by Crippen LogP contribution is 2.22. The monoisotopic (exact) mass is 283 g/mol. The summed E-state index contributed by atoms with van der Waals surface area (Å²) in [5.41, 5.74) is 1.24. The Bertz CT molecular complexity index is 352. The zero-order valence-electron chi connectivity index (χ0n) is 11.1. The van der Waals surface area contributed by atoms with E-state index in [2.05, 4.69) is 36.2 Å². The third-order valence-electron chi connectivity index (χ3n) is 2.58. The van der Waals surface area contributed by atoms with E-state index in [4.69, 9.17) is 11.6 Å². The molecular weight excluding hydrogens is 262 g/mol. The second kappa shape index (κ2) is 10.5. The number of hydrogen-bond acceptors (Lipinski definition) is 2. The van der Waals surface area contributed by atoms with Crippen LogP contribution >= 0.6 is 23.4 Å². The van der Waals surface area contributed by atoms with Crippen LogP contribution in [0.5, 0.6) is 0 Å². The largest absolute Gasteiger partial charge is 0.293 e. The Labute approximate surface area is 120 Å². The van der Waals surface area contributed by atoms with E-state index in [0.717, 1.165) is 24.6 Å². The molecule has 0 aliphatic heterocycles. The van der Waals surface area contributed by atoms with Crippen molar-refractivity contribution in [3.63, 3.8) is 0 Å². The molecular formula is C15H22ClNS. The molecule has 0 atom stereocenters. The first kappa shape index (κ1) is 15.6. The Kier molecular flexibility index (Phi) is 9.05. The fraction of sp³-hybridized carbons (Fsp3) is 0.533. The van der Waals surface area contributed by atoms with Crippen LogP contribution in [0.25, 0.3) is 0 Å². The molecule has 0 spiro atoms. The summed E-state index contributed by atoms with van der Waals surface area (Å²) in [5, 5.41) is 0. The minimum atomic E-state index is 0.765. The van der Waals surface area contributed by atoms with E-state index in [1.54, 1.807) is 0 Å². The zero-order valence-corrected chi connectivity index (χ0v) is 12.6. The van der Waals surface area contributed by atoms with Crippen molar-refractivity contribution in [3.8, 4) is 0 Å². The van der Waals surface area contributed by atoms with Crippen LogP contribution in [0, 0.1) is 0 Å². The van der Waals surface area contributed by atoms with Crippen LogP contribution in [0.15, 0.2) is 34.2 Å². The van der Waals surface area contributed by atoms with Crippen molar-refractivity contribution in [3.05, 3.63) is 29.8 Å². The van der Waals surface area contributed by atoms with E-state index in [0.29, 0.717) is 0 Å². The number of alkyl halides is 1. The maximum atomic E-state index is 5.68. The Morgan fingerprint density at radius 1 is 1.22 bits per heavy atom. The van der Waals surface area contributed by atoms with Crippen molar-refractivity contribution in [2.45, 2.75) is 37.5 Å². The van der Waals surface area contributed by atoms with Crippen LogP contribution in [0.1, 0.15) is 38.2 Å². The van der Waals surface area contributed by atoms with Gasteiger partial charge in [-0.25, -0.2) is 0 Å². The van der Waals surface area contributed by atoms with Gasteiger partial charge in [-0.05, 0) is 31.1 Å². The molecule has 1 rings (SSSR count).